The van der Waals surface area contributed by atoms with Crippen LogP contribution in [0.2, 0.25) is 0 Å². The van der Waals surface area contributed by atoms with Gasteiger partial charge in [0.05, 0.1) is 18.8 Å². The first-order chi connectivity index (χ1) is 6.02. The number of rotatable bonds is 7. The molecule has 0 radical (unpaired) electrons. The molecule has 1 unspecified atom stereocenters. The minimum absolute atomic E-state index is 0.177. The zero-order valence-corrected chi connectivity index (χ0v) is 8.84. The highest BCUT2D eigenvalue weighted by molar-refractivity contribution is 4.90. The van der Waals surface area contributed by atoms with Crippen LogP contribution in [0.3, 0.4) is 0 Å². The predicted octanol–water partition coefficient (Wildman–Crippen LogP) is 0.938. The van der Waals surface area contributed by atoms with E-state index < -0.39 is 6.10 Å². The van der Waals surface area contributed by atoms with Gasteiger partial charge in [-0.15, -0.1) is 0 Å². The molecule has 0 fully saturated rings. The normalized spacial score (nSPS) is 13.3. The smallest absolute Gasteiger partial charge is 0.0897 e. The fourth-order valence-electron chi connectivity index (χ4n) is 0.815. The quantitative estimate of drug-likeness (QED) is 0.583. The van der Waals surface area contributed by atoms with E-state index in [1.165, 1.54) is 0 Å². The average Bonchev–Trinajstić information content (AvgIpc) is 2.00. The number of ether oxygens (including phenoxy) is 1. The Kier molecular flexibility index (Phi) is 6.86. The summed E-state index contributed by atoms with van der Waals surface area (Å²) in [7, 11) is 0. The van der Waals surface area contributed by atoms with Crippen molar-refractivity contribution in [2.24, 2.45) is 0 Å². The molecule has 0 bridgehead atoms. The Morgan fingerprint density at radius 1 is 1.54 bits per heavy atom. The molecule has 0 heterocycles. The van der Waals surface area contributed by atoms with Crippen LogP contribution in [-0.2, 0) is 4.74 Å². The topological polar surface area (TPSA) is 41.5 Å². The molecule has 0 saturated heterocycles. The second-order valence-electron chi connectivity index (χ2n) is 3.62. The van der Waals surface area contributed by atoms with Gasteiger partial charge in [0, 0.05) is 13.1 Å². The van der Waals surface area contributed by atoms with E-state index >= 15 is 0 Å². The van der Waals surface area contributed by atoms with Crippen LogP contribution in [0.25, 0.3) is 0 Å². The predicted molar refractivity (Wildman–Crippen MR) is 54.8 cm³/mol. The van der Waals surface area contributed by atoms with Gasteiger partial charge < -0.3 is 15.2 Å². The molecular weight excluding hydrogens is 166 g/mol. The van der Waals surface area contributed by atoms with E-state index in [9.17, 15) is 5.11 Å². The lowest BCUT2D eigenvalue weighted by atomic mass is 10.3. The van der Waals surface area contributed by atoms with Crippen molar-refractivity contribution in [2.75, 3.05) is 19.7 Å². The minimum atomic E-state index is -0.429. The largest absolute Gasteiger partial charge is 0.389 e. The number of hydrogen-bond acceptors (Lipinski definition) is 3. The monoisotopic (exact) mass is 187 g/mol. The highest BCUT2D eigenvalue weighted by Gasteiger charge is 2.04. The van der Waals surface area contributed by atoms with Crippen molar-refractivity contribution in [1.29, 1.82) is 0 Å². The number of aliphatic hydroxyl groups is 1. The summed E-state index contributed by atoms with van der Waals surface area (Å²) in [6.45, 7) is 11.3. The van der Waals surface area contributed by atoms with Crippen LogP contribution in [0.5, 0.6) is 0 Å². The first-order valence-electron chi connectivity index (χ1n) is 4.67. The molecule has 1 atom stereocenters. The lowest BCUT2D eigenvalue weighted by Gasteiger charge is -2.14. The first kappa shape index (κ1) is 12.6. The molecule has 2 N–H and O–H groups in total. The average molecular weight is 187 g/mol. The number of aliphatic hydroxyl groups excluding tert-OH is 1. The summed E-state index contributed by atoms with van der Waals surface area (Å²) in [6.07, 6.45) is -0.252. The second kappa shape index (κ2) is 7.06. The molecule has 0 amide bonds. The van der Waals surface area contributed by atoms with Crippen LogP contribution < -0.4 is 5.32 Å². The van der Waals surface area contributed by atoms with Crippen LogP contribution in [0.1, 0.15) is 20.8 Å². The molecule has 3 heteroatoms. The lowest BCUT2D eigenvalue weighted by molar-refractivity contribution is 0.00670. The van der Waals surface area contributed by atoms with Gasteiger partial charge in [-0.05, 0) is 20.8 Å². The second-order valence-corrected chi connectivity index (χ2v) is 3.62. The van der Waals surface area contributed by atoms with E-state index in [0.717, 1.165) is 12.1 Å². The third-order valence-electron chi connectivity index (χ3n) is 1.43. The summed E-state index contributed by atoms with van der Waals surface area (Å²) < 4.78 is 5.25. The summed E-state index contributed by atoms with van der Waals surface area (Å²) in [5, 5.41) is 12.5. The third kappa shape index (κ3) is 9.53. The van der Waals surface area contributed by atoms with Crippen LogP contribution >= 0.6 is 0 Å². The molecule has 78 valence electrons. The Morgan fingerprint density at radius 3 is 2.62 bits per heavy atom. The van der Waals surface area contributed by atoms with E-state index in [2.05, 4.69) is 11.9 Å². The molecule has 0 aliphatic heterocycles. The van der Waals surface area contributed by atoms with Crippen molar-refractivity contribution < 1.29 is 9.84 Å². The maximum atomic E-state index is 9.39. The SMILES string of the molecule is C=C(C)CNCC(O)COC(C)C. The van der Waals surface area contributed by atoms with Crippen LogP contribution in [-0.4, -0.2) is 37.0 Å². The molecule has 3 nitrogen and oxygen atoms in total. The van der Waals surface area contributed by atoms with Gasteiger partial charge in [0.1, 0.15) is 0 Å². The summed E-state index contributed by atoms with van der Waals surface area (Å²) in [6, 6.07) is 0. The molecule has 0 aromatic heterocycles. The van der Waals surface area contributed by atoms with E-state index in [1.54, 1.807) is 0 Å². The Morgan fingerprint density at radius 2 is 2.15 bits per heavy atom. The Labute approximate surface area is 80.8 Å². The molecule has 0 aliphatic carbocycles. The van der Waals surface area contributed by atoms with Crippen molar-refractivity contribution in [3.8, 4) is 0 Å². The molecule has 0 aromatic rings. The van der Waals surface area contributed by atoms with Crippen molar-refractivity contribution in [2.45, 2.75) is 33.0 Å². The van der Waals surface area contributed by atoms with Gasteiger partial charge in [-0.1, -0.05) is 12.2 Å². The number of nitrogens with one attached hydrogen (secondary N) is 1. The zero-order chi connectivity index (χ0) is 10.3. The van der Waals surface area contributed by atoms with Crippen LogP contribution in [0.4, 0.5) is 0 Å². The Balaban J connectivity index is 3.29. The van der Waals surface area contributed by atoms with Gasteiger partial charge in [-0.25, -0.2) is 0 Å². The molecule has 0 saturated carbocycles. The number of hydrogen-bond donors (Lipinski definition) is 2. The minimum Gasteiger partial charge on any atom is -0.389 e. The Hall–Kier alpha value is -0.380. The molecular formula is C10H21NO2. The van der Waals surface area contributed by atoms with Gasteiger partial charge in [-0.3, -0.25) is 0 Å². The van der Waals surface area contributed by atoms with Crippen molar-refractivity contribution in [1.82, 2.24) is 5.32 Å². The van der Waals surface area contributed by atoms with Crippen LogP contribution in [0.15, 0.2) is 12.2 Å². The highest BCUT2D eigenvalue weighted by atomic mass is 16.5. The fraction of sp³-hybridized carbons (Fsp3) is 0.800. The van der Waals surface area contributed by atoms with Crippen LogP contribution in [0, 0.1) is 0 Å². The third-order valence-corrected chi connectivity index (χ3v) is 1.43. The van der Waals surface area contributed by atoms with Gasteiger partial charge in [0.15, 0.2) is 0 Å². The molecule has 0 aromatic carbocycles. The van der Waals surface area contributed by atoms with E-state index in [1.807, 2.05) is 20.8 Å². The summed E-state index contributed by atoms with van der Waals surface area (Å²) in [4.78, 5) is 0. The standard InChI is InChI=1S/C10H21NO2/c1-8(2)5-11-6-10(12)7-13-9(3)4/h9-12H,1,5-7H2,2-4H3. The van der Waals surface area contributed by atoms with E-state index in [0.29, 0.717) is 13.2 Å². The molecule has 0 rings (SSSR count). The lowest BCUT2D eigenvalue weighted by Crippen LogP contribution is -2.32. The molecule has 0 spiro atoms. The molecule has 13 heavy (non-hydrogen) atoms. The zero-order valence-electron chi connectivity index (χ0n) is 8.84. The van der Waals surface area contributed by atoms with Gasteiger partial charge in [0.25, 0.3) is 0 Å². The highest BCUT2D eigenvalue weighted by Crippen LogP contribution is 1.91. The van der Waals surface area contributed by atoms with Gasteiger partial charge in [0.2, 0.25) is 0 Å². The summed E-state index contributed by atoms with van der Waals surface area (Å²) >= 11 is 0. The van der Waals surface area contributed by atoms with Crippen molar-refractivity contribution in [3.63, 3.8) is 0 Å². The van der Waals surface area contributed by atoms with Crippen molar-refractivity contribution in [3.05, 3.63) is 12.2 Å². The fourth-order valence-corrected chi connectivity index (χ4v) is 0.815. The van der Waals surface area contributed by atoms with Gasteiger partial charge in [-0.2, -0.15) is 0 Å². The molecule has 0 aliphatic rings. The maximum Gasteiger partial charge on any atom is 0.0897 e. The van der Waals surface area contributed by atoms with Gasteiger partial charge >= 0.3 is 0 Å². The van der Waals surface area contributed by atoms with E-state index in [-0.39, 0.29) is 6.10 Å². The summed E-state index contributed by atoms with van der Waals surface area (Å²) in [5.41, 5.74) is 1.07. The van der Waals surface area contributed by atoms with E-state index in [4.69, 9.17) is 4.74 Å². The summed E-state index contributed by atoms with van der Waals surface area (Å²) in [5.74, 6) is 0. The Bertz CT molecular complexity index is 146. The van der Waals surface area contributed by atoms with Crippen molar-refractivity contribution >= 4 is 0 Å². The maximum absolute atomic E-state index is 9.39. The first-order valence-corrected chi connectivity index (χ1v) is 4.67.